The minimum Gasteiger partial charge on any atom is -0.320 e. The molecule has 1 N–H and O–H groups in total. The van der Waals surface area contributed by atoms with Gasteiger partial charge >= 0.3 is 0 Å². The van der Waals surface area contributed by atoms with E-state index in [1.165, 1.54) is 6.20 Å². The number of aromatic nitrogens is 3. The number of pyridine rings is 1. The maximum absolute atomic E-state index is 12.4. The zero-order valence-electron chi connectivity index (χ0n) is 12.1. The quantitative estimate of drug-likeness (QED) is 0.785. The van der Waals surface area contributed by atoms with Crippen LogP contribution >= 0.6 is 11.6 Å². The number of halogens is 1. The van der Waals surface area contributed by atoms with E-state index in [2.05, 4.69) is 20.3 Å². The Morgan fingerprint density at radius 3 is 2.64 bits per heavy atom. The number of rotatable bonds is 2. The van der Waals surface area contributed by atoms with Gasteiger partial charge in [0.2, 0.25) is 0 Å². The Bertz CT molecular complexity index is 856. The van der Waals surface area contributed by atoms with Crippen molar-refractivity contribution in [3.63, 3.8) is 0 Å². The van der Waals surface area contributed by atoms with Crippen molar-refractivity contribution in [2.45, 2.75) is 13.8 Å². The summed E-state index contributed by atoms with van der Waals surface area (Å²) >= 11 is 6.21. The Balaban J connectivity index is 1.93. The molecule has 0 spiro atoms. The van der Waals surface area contributed by atoms with Gasteiger partial charge in [-0.15, -0.1) is 0 Å². The fraction of sp³-hybridized carbons (Fsp3) is 0.125. The highest BCUT2D eigenvalue weighted by molar-refractivity contribution is 6.34. The molecule has 1 aromatic carbocycles. The number of nitrogens with one attached hydrogen (secondary N) is 1. The van der Waals surface area contributed by atoms with Crippen molar-refractivity contribution in [1.29, 1.82) is 0 Å². The lowest BCUT2D eigenvalue weighted by Gasteiger charge is -2.11. The van der Waals surface area contributed by atoms with Crippen LogP contribution in [0.15, 0.2) is 36.8 Å². The van der Waals surface area contributed by atoms with Gasteiger partial charge in [0.15, 0.2) is 5.65 Å². The average Bonchev–Trinajstić information content (AvgIpc) is 2.50. The predicted molar refractivity (Wildman–Crippen MR) is 86.2 cm³/mol. The Labute approximate surface area is 132 Å². The van der Waals surface area contributed by atoms with Gasteiger partial charge in [-0.1, -0.05) is 17.7 Å². The maximum Gasteiger partial charge on any atom is 0.257 e. The molecular weight excluding hydrogens is 300 g/mol. The molecule has 6 heteroatoms. The van der Waals surface area contributed by atoms with E-state index in [0.29, 0.717) is 27.4 Å². The normalized spacial score (nSPS) is 10.7. The van der Waals surface area contributed by atoms with E-state index in [1.807, 2.05) is 26.0 Å². The summed E-state index contributed by atoms with van der Waals surface area (Å²) in [4.78, 5) is 24.7. The zero-order valence-corrected chi connectivity index (χ0v) is 12.8. The van der Waals surface area contributed by atoms with Crippen LogP contribution in [0.1, 0.15) is 21.5 Å². The molecule has 0 atom stereocenters. The van der Waals surface area contributed by atoms with E-state index in [9.17, 15) is 4.79 Å². The molecule has 0 aliphatic carbocycles. The van der Waals surface area contributed by atoms with Gasteiger partial charge in [-0.25, -0.2) is 9.97 Å². The zero-order chi connectivity index (χ0) is 15.7. The molecule has 2 heterocycles. The van der Waals surface area contributed by atoms with E-state index in [0.717, 1.165) is 11.1 Å². The van der Waals surface area contributed by atoms with Crippen molar-refractivity contribution in [3.05, 3.63) is 58.5 Å². The largest absolute Gasteiger partial charge is 0.320 e. The third-order valence-corrected chi connectivity index (χ3v) is 3.55. The number of benzene rings is 1. The number of carbonyl (C=O) groups excluding carboxylic acids is 1. The first-order valence-corrected chi connectivity index (χ1v) is 7.07. The first-order valence-electron chi connectivity index (χ1n) is 6.69. The minimum absolute atomic E-state index is 0.283. The second-order valence-corrected chi connectivity index (χ2v) is 5.42. The molecule has 3 aromatic rings. The number of hydrogen-bond donors (Lipinski definition) is 1. The first kappa shape index (κ1) is 14.4. The number of nitrogens with zero attached hydrogens (tertiary/aromatic N) is 3. The van der Waals surface area contributed by atoms with Crippen molar-refractivity contribution in [2.24, 2.45) is 0 Å². The second-order valence-electron chi connectivity index (χ2n) is 5.02. The molecule has 1 amide bonds. The van der Waals surface area contributed by atoms with Crippen molar-refractivity contribution < 1.29 is 4.79 Å². The highest BCUT2D eigenvalue weighted by Gasteiger charge is 2.12. The molecule has 0 radical (unpaired) electrons. The number of carbonyl (C=O) groups is 1. The summed E-state index contributed by atoms with van der Waals surface area (Å²) in [6, 6.07) is 5.43. The molecule has 110 valence electrons. The number of anilines is 1. The maximum atomic E-state index is 12.4. The first-order chi connectivity index (χ1) is 10.5. The molecule has 0 unspecified atom stereocenters. The molecule has 3 rings (SSSR count). The van der Waals surface area contributed by atoms with Crippen molar-refractivity contribution in [3.8, 4) is 0 Å². The Kier molecular flexibility index (Phi) is 3.73. The van der Waals surface area contributed by atoms with Gasteiger partial charge in [-0.3, -0.25) is 9.78 Å². The van der Waals surface area contributed by atoms with Crippen LogP contribution in [0.3, 0.4) is 0 Å². The molecule has 0 aliphatic heterocycles. The van der Waals surface area contributed by atoms with E-state index in [-0.39, 0.29) is 5.91 Å². The third kappa shape index (κ3) is 2.76. The highest BCUT2D eigenvalue weighted by atomic mass is 35.5. The van der Waals surface area contributed by atoms with Crippen LogP contribution in [0.5, 0.6) is 0 Å². The van der Waals surface area contributed by atoms with Crippen LogP contribution in [0.2, 0.25) is 5.02 Å². The van der Waals surface area contributed by atoms with E-state index < -0.39 is 0 Å². The number of amides is 1. The lowest BCUT2D eigenvalue weighted by atomic mass is 10.1. The molecular formula is C16H13ClN4O. The van der Waals surface area contributed by atoms with Gasteiger partial charge in [0.05, 0.1) is 16.3 Å². The van der Waals surface area contributed by atoms with Crippen molar-refractivity contribution >= 4 is 34.4 Å². The van der Waals surface area contributed by atoms with Gasteiger partial charge in [0.1, 0.15) is 5.52 Å². The predicted octanol–water partition coefficient (Wildman–Crippen LogP) is 3.55. The Morgan fingerprint density at radius 1 is 1.09 bits per heavy atom. The molecule has 0 fully saturated rings. The molecule has 0 bridgehead atoms. The van der Waals surface area contributed by atoms with Crippen molar-refractivity contribution in [2.75, 3.05) is 5.32 Å². The van der Waals surface area contributed by atoms with Crippen LogP contribution in [0.25, 0.3) is 11.2 Å². The fourth-order valence-electron chi connectivity index (χ4n) is 2.24. The molecule has 2 aromatic heterocycles. The summed E-state index contributed by atoms with van der Waals surface area (Å²) in [5.74, 6) is -0.283. The average molecular weight is 313 g/mol. The minimum atomic E-state index is -0.283. The summed E-state index contributed by atoms with van der Waals surface area (Å²) in [5.41, 5.74) is 4.04. The molecule has 0 saturated heterocycles. The SMILES string of the molecule is Cc1cc(C)c(NC(=O)c2cnc3nccnc3c2)c(Cl)c1. The molecule has 0 aliphatic rings. The van der Waals surface area contributed by atoms with E-state index in [4.69, 9.17) is 11.6 Å². The van der Waals surface area contributed by atoms with E-state index in [1.54, 1.807) is 18.5 Å². The number of fused-ring (bicyclic) bond motifs is 1. The summed E-state index contributed by atoms with van der Waals surface area (Å²) < 4.78 is 0. The Morgan fingerprint density at radius 2 is 1.86 bits per heavy atom. The van der Waals surface area contributed by atoms with Gasteiger partial charge in [-0.2, -0.15) is 0 Å². The lowest BCUT2D eigenvalue weighted by Crippen LogP contribution is -2.14. The third-order valence-electron chi connectivity index (χ3n) is 3.26. The van der Waals surface area contributed by atoms with Crippen LogP contribution in [0, 0.1) is 13.8 Å². The molecule has 0 saturated carbocycles. The fourth-order valence-corrected chi connectivity index (χ4v) is 2.61. The monoisotopic (exact) mass is 312 g/mol. The van der Waals surface area contributed by atoms with Crippen LogP contribution < -0.4 is 5.32 Å². The highest BCUT2D eigenvalue weighted by Crippen LogP contribution is 2.27. The topological polar surface area (TPSA) is 67.8 Å². The van der Waals surface area contributed by atoms with Crippen molar-refractivity contribution in [1.82, 2.24) is 15.0 Å². The van der Waals surface area contributed by atoms with Gasteiger partial charge in [-0.05, 0) is 37.1 Å². The van der Waals surface area contributed by atoms with Gasteiger partial charge < -0.3 is 5.32 Å². The van der Waals surface area contributed by atoms with Gasteiger partial charge in [0.25, 0.3) is 5.91 Å². The molecule has 22 heavy (non-hydrogen) atoms. The Hall–Kier alpha value is -2.53. The number of hydrogen-bond acceptors (Lipinski definition) is 4. The number of aryl methyl sites for hydroxylation is 2. The summed E-state index contributed by atoms with van der Waals surface area (Å²) in [5, 5.41) is 3.34. The summed E-state index contributed by atoms with van der Waals surface area (Å²) in [6.45, 7) is 3.86. The standard InChI is InChI=1S/C16H13ClN4O/c1-9-5-10(2)14(12(17)6-9)21-16(22)11-7-13-15(20-8-11)19-4-3-18-13/h3-8H,1-2H3,(H,21,22). The summed E-state index contributed by atoms with van der Waals surface area (Å²) in [7, 11) is 0. The van der Waals surface area contributed by atoms with Crippen LogP contribution in [-0.2, 0) is 0 Å². The van der Waals surface area contributed by atoms with Crippen LogP contribution in [0.4, 0.5) is 5.69 Å². The van der Waals surface area contributed by atoms with E-state index >= 15 is 0 Å². The lowest BCUT2D eigenvalue weighted by molar-refractivity contribution is 0.102. The van der Waals surface area contributed by atoms with Gasteiger partial charge in [0, 0.05) is 18.6 Å². The molecule has 5 nitrogen and oxygen atoms in total. The van der Waals surface area contributed by atoms with Crippen LogP contribution in [-0.4, -0.2) is 20.9 Å². The smallest absolute Gasteiger partial charge is 0.257 e. The summed E-state index contributed by atoms with van der Waals surface area (Å²) in [6.07, 6.45) is 4.60. The second kappa shape index (κ2) is 5.69.